The fourth-order valence-electron chi connectivity index (χ4n) is 2.49. The summed E-state index contributed by atoms with van der Waals surface area (Å²) in [6.07, 6.45) is 1.94. The van der Waals surface area contributed by atoms with Crippen molar-refractivity contribution in [2.75, 3.05) is 32.7 Å². The van der Waals surface area contributed by atoms with Crippen LogP contribution in [0.3, 0.4) is 0 Å². The van der Waals surface area contributed by atoms with Crippen molar-refractivity contribution in [2.24, 2.45) is 5.92 Å². The lowest BCUT2D eigenvalue weighted by Gasteiger charge is -2.32. The van der Waals surface area contributed by atoms with Gasteiger partial charge in [0.25, 0.3) is 10.0 Å². The molecule has 0 atom stereocenters. The minimum Gasteiger partial charge on any atom is -0.342 e. The predicted molar refractivity (Wildman–Crippen MR) is 87.4 cm³/mol. The topological polar surface area (TPSA) is 78.5 Å². The zero-order valence-corrected chi connectivity index (χ0v) is 14.4. The van der Waals surface area contributed by atoms with Gasteiger partial charge in [0.05, 0.1) is 6.54 Å². The van der Waals surface area contributed by atoms with E-state index in [-0.39, 0.29) is 16.7 Å². The van der Waals surface area contributed by atoms with E-state index in [4.69, 9.17) is 0 Å². The molecule has 2 rings (SSSR count). The molecule has 1 aliphatic rings. The quantitative estimate of drug-likeness (QED) is 0.769. The van der Waals surface area contributed by atoms with Crippen LogP contribution in [0.25, 0.3) is 0 Å². The van der Waals surface area contributed by atoms with Gasteiger partial charge in [0.2, 0.25) is 5.91 Å². The molecule has 124 valence electrons. The van der Waals surface area contributed by atoms with Crippen molar-refractivity contribution in [3.8, 4) is 0 Å². The van der Waals surface area contributed by atoms with Crippen LogP contribution in [0.1, 0.15) is 19.8 Å². The Morgan fingerprint density at radius 3 is 2.73 bits per heavy atom. The molecule has 0 radical (unpaired) electrons. The number of amides is 1. The van der Waals surface area contributed by atoms with Crippen LogP contribution < -0.4 is 10.0 Å². The van der Waals surface area contributed by atoms with Crippen LogP contribution in [0.15, 0.2) is 21.7 Å². The Balaban J connectivity index is 1.77. The second-order valence-corrected chi connectivity index (χ2v) is 8.33. The molecule has 6 nitrogen and oxygen atoms in total. The molecule has 1 saturated heterocycles. The molecule has 0 unspecified atom stereocenters. The number of rotatable bonds is 7. The van der Waals surface area contributed by atoms with E-state index in [9.17, 15) is 13.2 Å². The Hall–Kier alpha value is -0.960. The Morgan fingerprint density at radius 2 is 2.14 bits per heavy atom. The average molecular weight is 345 g/mol. The summed E-state index contributed by atoms with van der Waals surface area (Å²) >= 11 is 1.14. The molecule has 0 spiro atoms. The van der Waals surface area contributed by atoms with Gasteiger partial charge in [-0.25, -0.2) is 13.1 Å². The third-order valence-corrected chi connectivity index (χ3v) is 6.62. The number of nitrogens with one attached hydrogen (secondary N) is 2. The van der Waals surface area contributed by atoms with Gasteiger partial charge in [-0.15, -0.1) is 11.3 Å². The molecule has 1 aromatic rings. The molecule has 0 saturated carbocycles. The normalized spacial score (nSPS) is 16.9. The summed E-state index contributed by atoms with van der Waals surface area (Å²) < 4.78 is 26.6. The molecule has 1 aromatic heterocycles. The maximum Gasteiger partial charge on any atom is 0.250 e. The van der Waals surface area contributed by atoms with E-state index in [2.05, 4.69) is 17.0 Å². The van der Waals surface area contributed by atoms with Gasteiger partial charge in [-0.1, -0.05) is 13.0 Å². The molecule has 2 heterocycles. The second-order valence-electron chi connectivity index (χ2n) is 5.39. The molecule has 1 aliphatic heterocycles. The second kappa shape index (κ2) is 8.05. The van der Waals surface area contributed by atoms with Crippen molar-refractivity contribution in [3.63, 3.8) is 0 Å². The SMILES string of the molecule is CCNCC1CCN(C(=O)CNS(=O)(=O)c2cccs2)CC1. The van der Waals surface area contributed by atoms with Crippen molar-refractivity contribution < 1.29 is 13.2 Å². The van der Waals surface area contributed by atoms with Crippen LogP contribution in [0.2, 0.25) is 0 Å². The molecule has 1 amide bonds. The number of sulfonamides is 1. The van der Waals surface area contributed by atoms with Crippen LogP contribution in [0.5, 0.6) is 0 Å². The van der Waals surface area contributed by atoms with E-state index in [0.29, 0.717) is 19.0 Å². The molecule has 0 bridgehead atoms. The Morgan fingerprint density at radius 1 is 1.41 bits per heavy atom. The van der Waals surface area contributed by atoms with Crippen molar-refractivity contribution in [3.05, 3.63) is 17.5 Å². The first-order chi connectivity index (χ1) is 10.5. The maximum absolute atomic E-state index is 12.1. The number of hydrogen-bond donors (Lipinski definition) is 2. The maximum atomic E-state index is 12.1. The average Bonchev–Trinajstić information content (AvgIpc) is 3.06. The van der Waals surface area contributed by atoms with Crippen LogP contribution in [0, 0.1) is 5.92 Å². The fraction of sp³-hybridized carbons (Fsp3) is 0.643. The highest BCUT2D eigenvalue weighted by atomic mass is 32.2. The molecule has 1 fully saturated rings. The zero-order chi connectivity index (χ0) is 16.0. The number of piperidine rings is 1. The van der Waals surface area contributed by atoms with E-state index in [1.807, 2.05) is 0 Å². The lowest BCUT2D eigenvalue weighted by atomic mass is 9.97. The highest BCUT2D eigenvalue weighted by molar-refractivity contribution is 7.91. The zero-order valence-electron chi connectivity index (χ0n) is 12.7. The molecule has 22 heavy (non-hydrogen) atoms. The largest absolute Gasteiger partial charge is 0.342 e. The van der Waals surface area contributed by atoms with Gasteiger partial charge < -0.3 is 10.2 Å². The first kappa shape index (κ1) is 17.4. The van der Waals surface area contributed by atoms with Crippen LogP contribution in [0.4, 0.5) is 0 Å². The minimum atomic E-state index is -3.56. The highest BCUT2D eigenvalue weighted by Gasteiger charge is 2.24. The monoisotopic (exact) mass is 345 g/mol. The summed E-state index contributed by atoms with van der Waals surface area (Å²) in [6.45, 7) is 5.27. The minimum absolute atomic E-state index is 0.151. The molecular formula is C14H23N3O3S2. The third kappa shape index (κ3) is 4.77. The summed E-state index contributed by atoms with van der Waals surface area (Å²) in [6, 6.07) is 3.21. The standard InChI is InChI=1S/C14H23N3O3S2/c1-2-15-10-12-5-7-17(8-6-12)13(18)11-16-22(19,20)14-4-3-9-21-14/h3-4,9,12,15-16H,2,5-8,10-11H2,1H3. The van der Waals surface area contributed by atoms with Gasteiger partial charge in [0.15, 0.2) is 0 Å². The fourth-order valence-corrected chi connectivity index (χ4v) is 4.50. The lowest BCUT2D eigenvalue weighted by molar-refractivity contribution is -0.131. The first-order valence-electron chi connectivity index (χ1n) is 7.54. The Bertz CT molecular complexity index is 564. The van der Waals surface area contributed by atoms with Crippen LogP contribution in [-0.4, -0.2) is 51.9 Å². The molecule has 0 aliphatic carbocycles. The van der Waals surface area contributed by atoms with E-state index in [1.54, 1.807) is 16.3 Å². The molecular weight excluding hydrogens is 322 g/mol. The number of nitrogens with zero attached hydrogens (tertiary/aromatic N) is 1. The van der Waals surface area contributed by atoms with Crippen molar-refractivity contribution in [1.82, 2.24) is 14.9 Å². The lowest BCUT2D eigenvalue weighted by Crippen LogP contribution is -2.45. The predicted octanol–water partition coefficient (Wildman–Crippen LogP) is 0.874. The van der Waals surface area contributed by atoms with Gasteiger partial charge in [-0.2, -0.15) is 0 Å². The molecule has 0 aromatic carbocycles. The van der Waals surface area contributed by atoms with E-state index >= 15 is 0 Å². The van der Waals surface area contributed by atoms with Crippen molar-refractivity contribution >= 4 is 27.3 Å². The third-order valence-electron chi connectivity index (χ3n) is 3.82. The summed E-state index contributed by atoms with van der Waals surface area (Å²) in [4.78, 5) is 13.9. The molecule has 8 heteroatoms. The Kier molecular flexibility index (Phi) is 6.37. The smallest absolute Gasteiger partial charge is 0.250 e. The summed E-state index contributed by atoms with van der Waals surface area (Å²) in [7, 11) is -3.56. The van der Waals surface area contributed by atoms with Gasteiger partial charge in [-0.3, -0.25) is 4.79 Å². The summed E-state index contributed by atoms with van der Waals surface area (Å²) in [5, 5.41) is 5.03. The van der Waals surface area contributed by atoms with Crippen LogP contribution >= 0.6 is 11.3 Å². The first-order valence-corrected chi connectivity index (χ1v) is 9.91. The van der Waals surface area contributed by atoms with E-state index in [1.165, 1.54) is 6.07 Å². The van der Waals surface area contributed by atoms with Crippen molar-refractivity contribution in [1.29, 1.82) is 0 Å². The van der Waals surface area contributed by atoms with Crippen LogP contribution in [-0.2, 0) is 14.8 Å². The van der Waals surface area contributed by atoms with Gasteiger partial charge in [0, 0.05) is 13.1 Å². The van der Waals surface area contributed by atoms with E-state index < -0.39 is 10.0 Å². The number of carbonyl (C=O) groups is 1. The van der Waals surface area contributed by atoms with Gasteiger partial charge in [-0.05, 0) is 43.3 Å². The van der Waals surface area contributed by atoms with Gasteiger partial charge >= 0.3 is 0 Å². The summed E-state index contributed by atoms with van der Waals surface area (Å²) in [5.41, 5.74) is 0. The number of hydrogen-bond acceptors (Lipinski definition) is 5. The number of thiophene rings is 1. The number of carbonyl (C=O) groups excluding carboxylic acids is 1. The summed E-state index contributed by atoms with van der Waals surface area (Å²) in [5.74, 6) is 0.453. The Labute approximate surface area is 135 Å². The van der Waals surface area contributed by atoms with Gasteiger partial charge in [0.1, 0.15) is 4.21 Å². The number of likely N-dealkylation sites (tertiary alicyclic amines) is 1. The van der Waals surface area contributed by atoms with E-state index in [0.717, 1.165) is 37.3 Å². The highest BCUT2D eigenvalue weighted by Crippen LogP contribution is 2.17. The molecule has 2 N–H and O–H groups in total. The van der Waals surface area contributed by atoms with Crippen molar-refractivity contribution in [2.45, 2.75) is 24.0 Å².